The second-order valence-corrected chi connectivity index (χ2v) is 6.86. The van der Waals surface area contributed by atoms with E-state index in [1.165, 1.54) is 4.90 Å². The molecule has 1 atom stereocenters. The summed E-state index contributed by atoms with van der Waals surface area (Å²) in [6, 6.07) is 14.3. The van der Waals surface area contributed by atoms with Crippen molar-refractivity contribution in [3.8, 4) is 5.75 Å². The molecule has 124 valence electrons. The summed E-state index contributed by atoms with van der Waals surface area (Å²) in [5.41, 5.74) is 1.47. The van der Waals surface area contributed by atoms with Gasteiger partial charge in [-0.05, 0) is 49.2 Å². The summed E-state index contributed by atoms with van der Waals surface area (Å²) in [5.74, 6) is 0.546. The number of thioether (sulfide) groups is 1. The maximum atomic E-state index is 12.7. The van der Waals surface area contributed by atoms with Gasteiger partial charge in [-0.1, -0.05) is 41.6 Å². The van der Waals surface area contributed by atoms with E-state index in [0.29, 0.717) is 23.7 Å². The average Bonchev–Trinajstić information content (AvgIpc) is 2.85. The van der Waals surface area contributed by atoms with Crippen molar-refractivity contribution < 1.29 is 14.3 Å². The van der Waals surface area contributed by atoms with Crippen LogP contribution in [0, 0.1) is 0 Å². The first-order valence-electron chi connectivity index (χ1n) is 7.61. The number of anilines is 1. The number of halogens is 1. The summed E-state index contributed by atoms with van der Waals surface area (Å²) in [7, 11) is 0. The fourth-order valence-electron chi connectivity index (χ4n) is 2.58. The molecule has 0 bridgehead atoms. The van der Waals surface area contributed by atoms with Crippen LogP contribution in [0.25, 0.3) is 0 Å². The lowest BCUT2D eigenvalue weighted by atomic mass is 10.1. The third kappa shape index (κ3) is 3.42. The van der Waals surface area contributed by atoms with Crippen LogP contribution in [0.5, 0.6) is 5.75 Å². The Labute approximate surface area is 149 Å². The molecular weight excluding hydrogens is 346 g/mol. The van der Waals surface area contributed by atoms with Crippen LogP contribution in [-0.4, -0.2) is 23.0 Å². The van der Waals surface area contributed by atoms with E-state index in [2.05, 4.69) is 0 Å². The maximum absolute atomic E-state index is 12.7. The Morgan fingerprint density at radius 2 is 1.83 bits per heavy atom. The molecule has 0 radical (unpaired) electrons. The normalized spacial score (nSPS) is 17.4. The summed E-state index contributed by atoms with van der Waals surface area (Å²) < 4.78 is 5.60. The first kappa shape index (κ1) is 16.9. The third-order valence-corrected chi connectivity index (χ3v) is 4.97. The molecule has 1 aliphatic heterocycles. The minimum atomic E-state index is -0.449. The highest BCUT2D eigenvalue weighted by Gasteiger charge is 2.40. The van der Waals surface area contributed by atoms with E-state index in [-0.39, 0.29) is 11.1 Å². The fourth-order valence-corrected chi connectivity index (χ4v) is 3.72. The highest BCUT2D eigenvalue weighted by Crippen LogP contribution is 2.35. The number of para-hydroxylation sites is 1. The van der Waals surface area contributed by atoms with E-state index < -0.39 is 5.25 Å². The SMILES string of the molecule is CCOc1ccccc1C[C@H]1SC(=O)N(c2ccc(Cl)cc2)C1=O. The summed E-state index contributed by atoms with van der Waals surface area (Å²) in [5, 5.41) is -0.149. The zero-order valence-corrected chi connectivity index (χ0v) is 14.6. The van der Waals surface area contributed by atoms with E-state index in [9.17, 15) is 9.59 Å². The molecule has 1 aliphatic rings. The van der Waals surface area contributed by atoms with Crippen molar-refractivity contribution in [2.75, 3.05) is 11.5 Å². The molecule has 1 fully saturated rings. The highest BCUT2D eigenvalue weighted by atomic mass is 35.5. The minimum Gasteiger partial charge on any atom is -0.494 e. The van der Waals surface area contributed by atoms with E-state index in [0.717, 1.165) is 23.1 Å². The monoisotopic (exact) mass is 361 g/mol. The number of imide groups is 1. The quantitative estimate of drug-likeness (QED) is 0.783. The summed E-state index contributed by atoms with van der Waals surface area (Å²) in [4.78, 5) is 26.2. The number of hydrogen-bond donors (Lipinski definition) is 0. The Bertz CT molecular complexity index is 763. The van der Waals surface area contributed by atoms with E-state index in [1.54, 1.807) is 24.3 Å². The number of carbonyl (C=O) groups is 2. The Morgan fingerprint density at radius 3 is 2.54 bits per heavy atom. The van der Waals surface area contributed by atoms with Crippen LogP contribution < -0.4 is 9.64 Å². The van der Waals surface area contributed by atoms with Crippen LogP contribution in [0.3, 0.4) is 0 Å². The molecule has 0 N–H and O–H groups in total. The molecule has 24 heavy (non-hydrogen) atoms. The number of ether oxygens (including phenoxy) is 1. The van der Waals surface area contributed by atoms with Crippen molar-refractivity contribution in [2.24, 2.45) is 0 Å². The summed E-state index contributed by atoms with van der Waals surface area (Å²) in [6.45, 7) is 2.47. The Hall–Kier alpha value is -1.98. The van der Waals surface area contributed by atoms with Crippen LogP contribution in [-0.2, 0) is 11.2 Å². The molecule has 4 nitrogen and oxygen atoms in total. The number of carbonyl (C=O) groups excluding carboxylic acids is 2. The van der Waals surface area contributed by atoms with Gasteiger partial charge in [0, 0.05) is 5.02 Å². The maximum Gasteiger partial charge on any atom is 0.293 e. The molecule has 3 rings (SSSR count). The predicted octanol–water partition coefficient (Wildman–Crippen LogP) is 4.55. The van der Waals surface area contributed by atoms with Crippen molar-refractivity contribution >= 4 is 40.2 Å². The van der Waals surface area contributed by atoms with Crippen LogP contribution in [0.4, 0.5) is 10.5 Å². The summed E-state index contributed by atoms with van der Waals surface area (Å²) >= 11 is 6.92. The van der Waals surface area contributed by atoms with Gasteiger partial charge in [-0.15, -0.1) is 0 Å². The topological polar surface area (TPSA) is 46.6 Å². The molecule has 0 aromatic heterocycles. The molecule has 0 saturated carbocycles. The van der Waals surface area contributed by atoms with E-state index in [1.807, 2.05) is 31.2 Å². The number of hydrogen-bond acceptors (Lipinski definition) is 4. The number of nitrogens with zero attached hydrogens (tertiary/aromatic N) is 1. The van der Waals surface area contributed by atoms with Gasteiger partial charge in [0.25, 0.3) is 5.24 Å². The second kappa shape index (κ2) is 7.28. The Balaban J connectivity index is 1.81. The molecule has 2 aromatic carbocycles. The van der Waals surface area contributed by atoms with Crippen molar-refractivity contribution in [1.82, 2.24) is 0 Å². The van der Waals surface area contributed by atoms with Crippen LogP contribution in [0.1, 0.15) is 12.5 Å². The number of rotatable bonds is 5. The molecule has 6 heteroatoms. The van der Waals surface area contributed by atoms with Gasteiger partial charge >= 0.3 is 0 Å². The van der Waals surface area contributed by atoms with Gasteiger partial charge in [-0.3, -0.25) is 9.59 Å². The van der Waals surface area contributed by atoms with Crippen molar-refractivity contribution in [2.45, 2.75) is 18.6 Å². The van der Waals surface area contributed by atoms with Gasteiger partial charge in [0.1, 0.15) is 5.75 Å². The molecule has 0 aliphatic carbocycles. The van der Waals surface area contributed by atoms with Crippen LogP contribution in [0.15, 0.2) is 48.5 Å². The average molecular weight is 362 g/mol. The van der Waals surface area contributed by atoms with Gasteiger partial charge in [0.05, 0.1) is 17.5 Å². The lowest BCUT2D eigenvalue weighted by Gasteiger charge is -2.15. The lowest BCUT2D eigenvalue weighted by molar-refractivity contribution is -0.117. The first-order valence-corrected chi connectivity index (χ1v) is 8.86. The van der Waals surface area contributed by atoms with Gasteiger partial charge < -0.3 is 4.74 Å². The largest absolute Gasteiger partial charge is 0.494 e. The van der Waals surface area contributed by atoms with E-state index >= 15 is 0 Å². The van der Waals surface area contributed by atoms with Gasteiger partial charge in [-0.25, -0.2) is 4.90 Å². The molecule has 0 unspecified atom stereocenters. The van der Waals surface area contributed by atoms with Crippen molar-refractivity contribution in [1.29, 1.82) is 0 Å². The highest BCUT2D eigenvalue weighted by molar-refractivity contribution is 8.15. The fraction of sp³-hybridized carbons (Fsp3) is 0.222. The standard InChI is InChI=1S/C18H16ClNO3S/c1-2-23-15-6-4-3-5-12(15)11-16-17(21)20(18(22)24-16)14-9-7-13(19)8-10-14/h3-10,16H,2,11H2,1H3/t16-/m1/s1. The van der Waals surface area contributed by atoms with Crippen LogP contribution >= 0.6 is 23.4 Å². The Morgan fingerprint density at radius 1 is 1.12 bits per heavy atom. The number of amides is 2. The van der Waals surface area contributed by atoms with Crippen molar-refractivity contribution in [3.63, 3.8) is 0 Å². The molecular formula is C18H16ClNO3S. The molecule has 1 saturated heterocycles. The third-order valence-electron chi connectivity index (χ3n) is 3.68. The molecule has 2 aromatic rings. The van der Waals surface area contributed by atoms with Crippen LogP contribution in [0.2, 0.25) is 5.02 Å². The molecule has 2 amide bonds. The number of benzene rings is 2. The van der Waals surface area contributed by atoms with Crippen molar-refractivity contribution in [3.05, 3.63) is 59.1 Å². The zero-order valence-electron chi connectivity index (χ0n) is 13.1. The zero-order chi connectivity index (χ0) is 17.1. The van der Waals surface area contributed by atoms with Gasteiger partial charge in [-0.2, -0.15) is 0 Å². The lowest BCUT2D eigenvalue weighted by Crippen LogP contribution is -2.32. The first-order chi connectivity index (χ1) is 11.6. The minimum absolute atomic E-state index is 0.210. The van der Waals surface area contributed by atoms with Gasteiger partial charge in [0.2, 0.25) is 5.91 Å². The second-order valence-electron chi connectivity index (χ2n) is 5.27. The Kier molecular flexibility index (Phi) is 5.11. The van der Waals surface area contributed by atoms with E-state index in [4.69, 9.17) is 16.3 Å². The van der Waals surface area contributed by atoms with Gasteiger partial charge in [0.15, 0.2) is 0 Å². The predicted molar refractivity (Wildman–Crippen MR) is 97.0 cm³/mol. The molecule has 1 heterocycles. The smallest absolute Gasteiger partial charge is 0.293 e. The molecule has 0 spiro atoms. The summed E-state index contributed by atoms with van der Waals surface area (Å²) in [6.07, 6.45) is 0.454.